The zero-order valence-electron chi connectivity index (χ0n) is 19.5. The summed E-state index contributed by atoms with van der Waals surface area (Å²) in [6.07, 6.45) is 2.66. The van der Waals surface area contributed by atoms with Crippen molar-refractivity contribution in [2.75, 3.05) is 16.3 Å². The van der Waals surface area contributed by atoms with Crippen LogP contribution in [0.25, 0.3) is 10.9 Å². The fraction of sp³-hybridized carbons (Fsp3) is 0.304. The molecule has 0 saturated carbocycles. The zero-order valence-corrected chi connectivity index (χ0v) is 21.2. The fourth-order valence-corrected chi connectivity index (χ4v) is 5.82. The third kappa shape index (κ3) is 4.98. The molecule has 186 valence electrons. The monoisotopic (exact) mass is 518 g/mol. The number of nitrogens with one attached hydrogen (secondary N) is 2. The van der Waals surface area contributed by atoms with E-state index >= 15 is 0 Å². The van der Waals surface area contributed by atoms with Gasteiger partial charge in [0.05, 0.1) is 22.8 Å². The molecule has 0 aliphatic carbocycles. The number of rotatable bonds is 7. The number of nitrogens with zero attached hydrogens (tertiary/aromatic N) is 2. The predicted octanol–water partition coefficient (Wildman–Crippen LogP) is 3.20. The first-order valence-corrected chi connectivity index (χ1v) is 14.6. The largest absolute Gasteiger partial charge is 0.506 e. The lowest BCUT2D eigenvalue weighted by molar-refractivity contribution is 0.460. The highest BCUT2D eigenvalue weighted by Gasteiger charge is 2.33. The third-order valence-electron chi connectivity index (χ3n) is 6.03. The van der Waals surface area contributed by atoms with Crippen LogP contribution < -0.4 is 20.9 Å². The number of fused-ring (bicyclic) bond motifs is 2. The fourth-order valence-electron chi connectivity index (χ4n) is 3.99. The number of benzene rings is 2. The van der Waals surface area contributed by atoms with E-state index in [-0.39, 0.29) is 33.8 Å². The first kappa shape index (κ1) is 25.0. The van der Waals surface area contributed by atoms with Crippen LogP contribution in [-0.4, -0.2) is 35.1 Å². The van der Waals surface area contributed by atoms with Crippen molar-refractivity contribution in [2.24, 2.45) is 10.7 Å². The Morgan fingerprint density at radius 1 is 1.23 bits per heavy atom. The lowest BCUT2D eigenvalue weighted by Gasteiger charge is -2.24. The summed E-state index contributed by atoms with van der Waals surface area (Å²) < 4.78 is 44.0. The van der Waals surface area contributed by atoms with Gasteiger partial charge in [-0.3, -0.25) is 14.1 Å². The van der Waals surface area contributed by atoms with E-state index in [0.29, 0.717) is 23.4 Å². The van der Waals surface area contributed by atoms with Gasteiger partial charge in [-0.05, 0) is 42.7 Å². The molecule has 2 atom stereocenters. The van der Waals surface area contributed by atoms with Crippen molar-refractivity contribution in [1.82, 2.24) is 4.57 Å². The quantitative estimate of drug-likeness (QED) is 0.351. The number of aromatic nitrogens is 1. The number of anilines is 2. The number of sulfonamides is 1. The molecule has 4 rings (SSSR count). The first-order valence-electron chi connectivity index (χ1n) is 11.1. The summed E-state index contributed by atoms with van der Waals surface area (Å²) in [6, 6.07) is 11.0. The molecule has 0 spiro atoms. The molecule has 4 N–H and O–H groups in total. The van der Waals surface area contributed by atoms with E-state index in [1.807, 2.05) is 0 Å². The van der Waals surface area contributed by atoms with E-state index in [1.54, 1.807) is 28.8 Å². The standard InChI is InChI=1S/C23H27N4O6PS/c1-4-14(2)11-12-27-18-8-6-5-7-16(18)21(28)20(23(27)29)22-24-17-10-9-15(26-35(3,32)33)13-19(17)34(30,31)25-22/h5-10,13-14,26,28H,4,11-12H2,1-3H3,(H2,24,25,30,31). The summed E-state index contributed by atoms with van der Waals surface area (Å²) in [5, 5.41) is 14.2. The second-order valence-electron chi connectivity index (χ2n) is 8.72. The van der Waals surface area contributed by atoms with E-state index in [0.717, 1.165) is 19.1 Å². The molecule has 1 aromatic heterocycles. The highest BCUT2D eigenvalue weighted by Crippen LogP contribution is 2.47. The minimum Gasteiger partial charge on any atom is -0.506 e. The number of para-hydroxylation sites is 1. The van der Waals surface area contributed by atoms with Crippen LogP contribution in [0.3, 0.4) is 0 Å². The molecular formula is C23H27N4O6PS. The predicted molar refractivity (Wildman–Crippen MR) is 138 cm³/mol. The molecule has 12 heteroatoms. The van der Waals surface area contributed by atoms with E-state index in [1.165, 1.54) is 18.2 Å². The number of hydrogen-bond acceptors (Lipinski definition) is 6. The highest BCUT2D eigenvalue weighted by molar-refractivity contribution is 7.92. The molecule has 0 bridgehead atoms. The van der Waals surface area contributed by atoms with E-state index in [9.17, 15) is 27.8 Å². The molecule has 0 fully saturated rings. The average Bonchev–Trinajstić information content (AvgIpc) is 2.78. The summed E-state index contributed by atoms with van der Waals surface area (Å²) in [5.41, 5.74) is 0.100. The van der Waals surface area contributed by atoms with Crippen LogP contribution in [0.2, 0.25) is 0 Å². The molecule has 1 aliphatic heterocycles. The van der Waals surface area contributed by atoms with Crippen LogP contribution >= 0.6 is 7.52 Å². The minimum absolute atomic E-state index is 0.0990. The number of hydrogen-bond donors (Lipinski definition) is 4. The van der Waals surface area contributed by atoms with Crippen LogP contribution in [0.15, 0.2) is 52.0 Å². The van der Waals surface area contributed by atoms with Gasteiger partial charge in [0, 0.05) is 17.6 Å². The highest BCUT2D eigenvalue weighted by atomic mass is 32.2. The van der Waals surface area contributed by atoms with Crippen molar-refractivity contribution < 1.29 is 23.0 Å². The molecular weight excluding hydrogens is 491 g/mol. The van der Waals surface area contributed by atoms with Crippen molar-refractivity contribution in [1.29, 1.82) is 0 Å². The number of pyridine rings is 1. The smallest absolute Gasteiger partial charge is 0.346 e. The summed E-state index contributed by atoms with van der Waals surface area (Å²) in [5.74, 6) is -0.185. The van der Waals surface area contributed by atoms with Gasteiger partial charge in [0.25, 0.3) is 5.56 Å². The van der Waals surface area contributed by atoms with Crippen molar-refractivity contribution in [3.63, 3.8) is 0 Å². The van der Waals surface area contributed by atoms with Crippen LogP contribution in [0.5, 0.6) is 5.75 Å². The Morgan fingerprint density at radius 3 is 2.63 bits per heavy atom. The zero-order chi connectivity index (χ0) is 25.5. The Bertz CT molecular complexity index is 1560. The summed E-state index contributed by atoms with van der Waals surface area (Å²) in [7, 11) is -8.01. The lowest BCUT2D eigenvalue weighted by Crippen LogP contribution is -2.33. The second-order valence-corrected chi connectivity index (χ2v) is 12.2. The lowest BCUT2D eigenvalue weighted by atomic mass is 10.0. The molecule has 0 radical (unpaired) electrons. The molecule has 2 heterocycles. The molecule has 0 saturated heterocycles. The SMILES string of the molecule is CCC(C)CCn1c(=O)c(C2=NP(=O)(O)c3cc(NS(C)(=O)=O)ccc3N2)c(O)c2ccccc21. The first-order chi connectivity index (χ1) is 16.4. The topological polar surface area (TPSA) is 150 Å². The summed E-state index contributed by atoms with van der Waals surface area (Å²) >= 11 is 0. The molecule has 2 aromatic carbocycles. The van der Waals surface area contributed by atoms with Gasteiger partial charge in [-0.2, -0.15) is 4.76 Å². The van der Waals surface area contributed by atoms with Crippen molar-refractivity contribution in [3.8, 4) is 5.75 Å². The number of aryl methyl sites for hydroxylation is 1. The number of amidine groups is 1. The maximum absolute atomic E-state index is 13.6. The van der Waals surface area contributed by atoms with Gasteiger partial charge in [-0.25, -0.2) is 8.42 Å². The Morgan fingerprint density at radius 2 is 1.94 bits per heavy atom. The molecule has 1 aliphatic rings. The van der Waals surface area contributed by atoms with Gasteiger partial charge in [-0.1, -0.05) is 32.4 Å². The second kappa shape index (κ2) is 9.14. The maximum Gasteiger partial charge on any atom is 0.346 e. The van der Waals surface area contributed by atoms with Gasteiger partial charge in [0.15, 0.2) is 5.84 Å². The number of aromatic hydroxyl groups is 1. The third-order valence-corrected chi connectivity index (χ3v) is 8.10. The van der Waals surface area contributed by atoms with Crippen molar-refractivity contribution in [3.05, 3.63) is 58.4 Å². The summed E-state index contributed by atoms with van der Waals surface area (Å²) in [4.78, 5) is 24.3. The van der Waals surface area contributed by atoms with Gasteiger partial charge < -0.3 is 19.9 Å². The van der Waals surface area contributed by atoms with E-state index < -0.39 is 23.1 Å². The van der Waals surface area contributed by atoms with Gasteiger partial charge in [-0.15, -0.1) is 0 Å². The molecule has 10 nitrogen and oxygen atoms in total. The Hall–Kier alpha value is -3.14. The molecule has 0 amide bonds. The van der Waals surface area contributed by atoms with Crippen molar-refractivity contribution in [2.45, 2.75) is 33.2 Å². The normalized spacial score (nSPS) is 18.5. The summed E-state index contributed by atoms with van der Waals surface area (Å²) in [6.45, 7) is 4.57. The average molecular weight is 519 g/mol. The Kier molecular flexibility index (Phi) is 6.52. The Labute approximate surface area is 202 Å². The van der Waals surface area contributed by atoms with Crippen LogP contribution in [0.1, 0.15) is 32.3 Å². The van der Waals surface area contributed by atoms with Crippen LogP contribution in [0.4, 0.5) is 11.4 Å². The van der Waals surface area contributed by atoms with Crippen LogP contribution in [0, 0.1) is 5.92 Å². The van der Waals surface area contributed by atoms with Gasteiger partial charge in [0.2, 0.25) is 10.0 Å². The van der Waals surface area contributed by atoms with Gasteiger partial charge in [0.1, 0.15) is 11.3 Å². The van der Waals surface area contributed by atoms with E-state index in [4.69, 9.17) is 0 Å². The molecule has 35 heavy (non-hydrogen) atoms. The van der Waals surface area contributed by atoms with Gasteiger partial charge >= 0.3 is 7.52 Å². The molecule has 3 aromatic rings. The maximum atomic E-state index is 13.6. The Balaban J connectivity index is 1.86. The minimum atomic E-state index is -4.41. The van der Waals surface area contributed by atoms with E-state index in [2.05, 4.69) is 28.6 Å². The molecule has 2 unspecified atom stereocenters. The van der Waals surface area contributed by atoms with Crippen molar-refractivity contribution >= 4 is 51.0 Å². The van der Waals surface area contributed by atoms with Crippen LogP contribution in [-0.2, 0) is 21.1 Å².